The minimum Gasteiger partial charge on any atom is -0.343 e. The van der Waals surface area contributed by atoms with Gasteiger partial charge in [-0.05, 0) is 13.0 Å². The number of carbonyl (C=O) groups excluding carboxylic acids is 1. The van der Waals surface area contributed by atoms with Crippen LogP contribution < -0.4 is 5.32 Å². The van der Waals surface area contributed by atoms with E-state index in [0.29, 0.717) is 5.82 Å². The molecular weight excluding hydrogens is 288 g/mol. The number of halogens is 1. The Hall–Kier alpha value is -2.48. The highest BCUT2D eigenvalue weighted by atomic mass is 35.5. The highest BCUT2D eigenvalue weighted by molar-refractivity contribution is 6.34. The molecule has 0 saturated carbocycles. The van der Waals surface area contributed by atoms with Crippen LogP contribution in [0.3, 0.4) is 0 Å². The Morgan fingerprint density at radius 2 is 2.30 bits per heavy atom. The molecule has 0 atom stereocenters. The number of hydrogen-bond acceptors (Lipinski definition) is 6. The van der Waals surface area contributed by atoms with Crippen molar-refractivity contribution in [1.29, 1.82) is 0 Å². The van der Waals surface area contributed by atoms with Crippen LogP contribution in [0.4, 0.5) is 5.69 Å². The largest absolute Gasteiger partial charge is 0.343 e. The Balaban J connectivity index is 2.07. The average Bonchev–Trinajstić information content (AvgIpc) is 2.81. The van der Waals surface area contributed by atoms with Crippen LogP contribution in [0.1, 0.15) is 22.1 Å². The van der Waals surface area contributed by atoms with E-state index in [-0.39, 0.29) is 28.7 Å². The molecule has 0 bridgehead atoms. The fraction of sp³-hybridized carbons (Fsp3) is 0.182. The van der Waals surface area contributed by atoms with Crippen molar-refractivity contribution in [2.24, 2.45) is 0 Å². The monoisotopic (exact) mass is 296 g/mol. The molecular formula is C11H9ClN4O4. The Bertz CT molecular complexity index is 670. The maximum Gasteiger partial charge on any atom is 0.270 e. The molecule has 1 aromatic heterocycles. The third-order valence-corrected chi connectivity index (χ3v) is 2.69. The van der Waals surface area contributed by atoms with Crippen molar-refractivity contribution in [3.8, 4) is 0 Å². The van der Waals surface area contributed by atoms with Crippen molar-refractivity contribution in [3.63, 3.8) is 0 Å². The van der Waals surface area contributed by atoms with E-state index in [2.05, 4.69) is 15.5 Å². The van der Waals surface area contributed by atoms with Gasteiger partial charge in [0.2, 0.25) is 5.89 Å². The molecule has 0 aliphatic carbocycles. The van der Waals surface area contributed by atoms with Crippen LogP contribution in [-0.2, 0) is 6.54 Å². The zero-order valence-corrected chi connectivity index (χ0v) is 11.0. The second kappa shape index (κ2) is 5.66. The highest BCUT2D eigenvalue weighted by Crippen LogP contribution is 2.22. The number of non-ortho nitro benzene ring substituents is 1. The van der Waals surface area contributed by atoms with E-state index in [1.54, 1.807) is 6.92 Å². The lowest BCUT2D eigenvalue weighted by molar-refractivity contribution is -0.384. The predicted octanol–water partition coefficient (Wildman–Crippen LogP) is 1.87. The standard InChI is InChI=1S/C11H9ClN4O4/c1-6-14-10(20-15-6)5-13-11(17)8-3-2-7(16(18)19)4-9(8)12/h2-4H,5H2,1H3,(H,13,17). The minimum absolute atomic E-state index is 0.00147. The molecule has 0 radical (unpaired) electrons. The van der Waals surface area contributed by atoms with Gasteiger partial charge in [-0.15, -0.1) is 0 Å². The Labute approximate surface area is 117 Å². The molecule has 2 rings (SSSR count). The summed E-state index contributed by atoms with van der Waals surface area (Å²) < 4.78 is 4.83. The number of rotatable bonds is 4. The van der Waals surface area contributed by atoms with E-state index in [9.17, 15) is 14.9 Å². The number of carbonyl (C=O) groups is 1. The fourth-order valence-electron chi connectivity index (χ4n) is 1.46. The van der Waals surface area contributed by atoms with Gasteiger partial charge in [0.05, 0.1) is 22.1 Å². The van der Waals surface area contributed by atoms with Gasteiger partial charge in [0, 0.05) is 12.1 Å². The first kappa shape index (κ1) is 13.9. The molecule has 0 spiro atoms. The Kier molecular flexibility index (Phi) is 3.94. The van der Waals surface area contributed by atoms with Gasteiger partial charge in [0.25, 0.3) is 11.6 Å². The first-order chi connectivity index (χ1) is 9.47. The Morgan fingerprint density at radius 1 is 1.55 bits per heavy atom. The van der Waals surface area contributed by atoms with Crippen molar-refractivity contribution >= 4 is 23.2 Å². The van der Waals surface area contributed by atoms with Gasteiger partial charge in [-0.2, -0.15) is 4.98 Å². The predicted molar refractivity (Wildman–Crippen MR) is 68.3 cm³/mol. The summed E-state index contributed by atoms with van der Waals surface area (Å²) in [4.78, 5) is 25.8. The smallest absolute Gasteiger partial charge is 0.270 e. The normalized spacial score (nSPS) is 10.3. The molecule has 0 saturated heterocycles. The number of nitrogens with zero attached hydrogens (tertiary/aromatic N) is 3. The van der Waals surface area contributed by atoms with Crippen molar-refractivity contribution in [2.45, 2.75) is 13.5 Å². The number of nitrogens with one attached hydrogen (secondary N) is 1. The van der Waals surface area contributed by atoms with Crippen LogP contribution in [0.25, 0.3) is 0 Å². The van der Waals surface area contributed by atoms with Crippen molar-refractivity contribution in [1.82, 2.24) is 15.5 Å². The molecule has 0 aliphatic heterocycles. The number of benzene rings is 1. The van der Waals surface area contributed by atoms with Crippen molar-refractivity contribution < 1.29 is 14.2 Å². The van der Waals surface area contributed by atoms with Crippen LogP contribution in [0.5, 0.6) is 0 Å². The van der Waals surface area contributed by atoms with Crippen LogP contribution in [-0.4, -0.2) is 21.0 Å². The zero-order valence-electron chi connectivity index (χ0n) is 10.3. The van der Waals surface area contributed by atoms with Crippen LogP contribution in [0.2, 0.25) is 5.02 Å². The second-order valence-electron chi connectivity index (χ2n) is 3.84. The molecule has 1 aromatic carbocycles. The third-order valence-electron chi connectivity index (χ3n) is 2.38. The molecule has 0 unspecified atom stereocenters. The van der Waals surface area contributed by atoms with Crippen molar-refractivity contribution in [3.05, 3.63) is 50.6 Å². The van der Waals surface area contributed by atoms with Gasteiger partial charge >= 0.3 is 0 Å². The molecule has 0 aliphatic rings. The fourth-order valence-corrected chi connectivity index (χ4v) is 1.73. The quantitative estimate of drug-likeness (QED) is 0.681. The molecule has 9 heteroatoms. The van der Waals surface area contributed by atoms with E-state index in [0.717, 1.165) is 6.07 Å². The van der Waals surface area contributed by atoms with E-state index >= 15 is 0 Å². The summed E-state index contributed by atoms with van der Waals surface area (Å²) in [6.07, 6.45) is 0. The molecule has 104 valence electrons. The van der Waals surface area contributed by atoms with Crippen molar-refractivity contribution in [2.75, 3.05) is 0 Å². The van der Waals surface area contributed by atoms with E-state index in [1.807, 2.05) is 0 Å². The summed E-state index contributed by atoms with van der Waals surface area (Å²) >= 11 is 5.84. The summed E-state index contributed by atoms with van der Waals surface area (Å²) in [5, 5.41) is 16.7. The van der Waals surface area contributed by atoms with Gasteiger partial charge in [-0.3, -0.25) is 14.9 Å². The van der Waals surface area contributed by atoms with Gasteiger partial charge in [0.1, 0.15) is 0 Å². The molecule has 1 N–H and O–H groups in total. The van der Waals surface area contributed by atoms with Crippen LogP contribution in [0.15, 0.2) is 22.7 Å². The topological polar surface area (TPSA) is 111 Å². The van der Waals surface area contributed by atoms with E-state index < -0.39 is 10.8 Å². The number of amides is 1. The molecule has 0 fully saturated rings. The van der Waals surface area contributed by atoms with Gasteiger partial charge < -0.3 is 9.84 Å². The number of aryl methyl sites for hydroxylation is 1. The van der Waals surface area contributed by atoms with Gasteiger partial charge in [-0.1, -0.05) is 16.8 Å². The molecule has 2 aromatic rings. The number of aromatic nitrogens is 2. The zero-order chi connectivity index (χ0) is 14.7. The Morgan fingerprint density at radius 3 is 2.85 bits per heavy atom. The van der Waals surface area contributed by atoms with Crippen LogP contribution in [0, 0.1) is 17.0 Å². The third kappa shape index (κ3) is 3.09. The van der Waals surface area contributed by atoms with E-state index in [1.165, 1.54) is 12.1 Å². The summed E-state index contributed by atoms with van der Waals surface area (Å²) in [7, 11) is 0. The summed E-state index contributed by atoms with van der Waals surface area (Å²) in [6.45, 7) is 1.70. The lowest BCUT2D eigenvalue weighted by atomic mass is 10.2. The second-order valence-corrected chi connectivity index (χ2v) is 4.25. The maximum absolute atomic E-state index is 11.9. The number of nitro benzene ring substituents is 1. The molecule has 8 nitrogen and oxygen atoms in total. The summed E-state index contributed by atoms with van der Waals surface area (Å²) in [5.74, 6) is 0.234. The number of hydrogen-bond donors (Lipinski definition) is 1. The maximum atomic E-state index is 11.9. The minimum atomic E-state index is -0.589. The highest BCUT2D eigenvalue weighted by Gasteiger charge is 2.15. The first-order valence-electron chi connectivity index (χ1n) is 5.48. The first-order valence-corrected chi connectivity index (χ1v) is 5.86. The SMILES string of the molecule is Cc1noc(CNC(=O)c2ccc([N+](=O)[O-])cc2Cl)n1. The lowest BCUT2D eigenvalue weighted by Gasteiger charge is -2.04. The average molecular weight is 297 g/mol. The summed E-state index contributed by atoms with van der Waals surface area (Å²) in [6, 6.07) is 3.61. The van der Waals surface area contributed by atoms with E-state index in [4.69, 9.17) is 16.1 Å². The molecule has 1 heterocycles. The molecule has 20 heavy (non-hydrogen) atoms. The lowest BCUT2D eigenvalue weighted by Crippen LogP contribution is -2.23. The van der Waals surface area contributed by atoms with Gasteiger partial charge in [-0.25, -0.2) is 0 Å². The van der Waals surface area contributed by atoms with Crippen LogP contribution >= 0.6 is 11.6 Å². The molecule has 1 amide bonds. The number of nitro groups is 1. The summed E-state index contributed by atoms with van der Waals surface area (Å²) in [5.41, 5.74) is -0.0485. The van der Waals surface area contributed by atoms with Gasteiger partial charge in [0.15, 0.2) is 5.82 Å².